The Bertz CT molecular complexity index is 887. The SMILES string of the molecule is CC(=O)N(/C=C(/C#N)C(=O)Nc1cccc(Cl)c1)c1cccc(N)c1. The number of nitriles is 1. The summed E-state index contributed by atoms with van der Waals surface area (Å²) in [6, 6.07) is 14.9. The molecule has 0 radical (unpaired) electrons. The predicted molar refractivity (Wildman–Crippen MR) is 97.8 cm³/mol. The molecule has 0 bridgehead atoms. The third-order valence-corrected chi connectivity index (χ3v) is 3.43. The summed E-state index contributed by atoms with van der Waals surface area (Å²) in [5, 5.41) is 12.3. The van der Waals surface area contributed by atoms with Gasteiger partial charge in [0.05, 0.1) is 5.69 Å². The van der Waals surface area contributed by atoms with Gasteiger partial charge in [0.25, 0.3) is 5.91 Å². The van der Waals surface area contributed by atoms with E-state index in [9.17, 15) is 14.9 Å². The van der Waals surface area contributed by atoms with Gasteiger partial charge in [0, 0.05) is 29.5 Å². The quantitative estimate of drug-likeness (QED) is 0.499. The Morgan fingerprint density at radius 2 is 1.96 bits per heavy atom. The van der Waals surface area contributed by atoms with Crippen LogP contribution in [0.3, 0.4) is 0 Å². The molecule has 2 rings (SSSR count). The van der Waals surface area contributed by atoms with Crippen LogP contribution in [0, 0.1) is 11.3 Å². The van der Waals surface area contributed by atoms with E-state index in [1.165, 1.54) is 18.0 Å². The van der Waals surface area contributed by atoms with Crippen LogP contribution >= 0.6 is 11.6 Å². The highest BCUT2D eigenvalue weighted by Crippen LogP contribution is 2.20. The van der Waals surface area contributed by atoms with Gasteiger partial charge < -0.3 is 11.1 Å². The molecule has 25 heavy (non-hydrogen) atoms. The van der Waals surface area contributed by atoms with Crippen LogP contribution in [0.4, 0.5) is 17.1 Å². The molecule has 0 saturated carbocycles. The zero-order valence-electron chi connectivity index (χ0n) is 13.4. The molecule has 7 heteroatoms. The summed E-state index contributed by atoms with van der Waals surface area (Å²) in [4.78, 5) is 25.4. The normalized spacial score (nSPS) is 10.7. The van der Waals surface area contributed by atoms with E-state index in [0.717, 1.165) is 0 Å². The van der Waals surface area contributed by atoms with Crippen molar-refractivity contribution >= 4 is 40.5 Å². The number of hydrogen-bond acceptors (Lipinski definition) is 4. The molecule has 2 amide bonds. The minimum absolute atomic E-state index is 0.238. The Labute approximate surface area is 150 Å². The Morgan fingerprint density at radius 1 is 1.24 bits per heavy atom. The first kappa shape index (κ1) is 18.0. The number of nitrogen functional groups attached to an aromatic ring is 1. The average molecular weight is 355 g/mol. The Balaban J connectivity index is 2.31. The highest BCUT2D eigenvalue weighted by atomic mass is 35.5. The first-order valence-electron chi connectivity index (χ1n) is 7.25. The minimum Gasteiger partial charge on any atom is -0.399 e. The number of amides is 2. The van der Waals surface area contributed by atoms with Crippen molar-refractivity contribution in [1.29, 1.82) is 5.26 Å². The summed E-state index contributed by atoms with van der Waals surface area (Å²) in [6.45, 7) is 1.32. The van der Waals surface area contributed by atoms with Gasteiger partial charge in [-0.1, -0.05) is 23.7 Å². The Kier molecular flexibility index (Phi) is 5.77. The van der Waals surface area contributed by atoms with Gasteiger partial charge in [-0.15, -0.1) is 0 Å². The zero-order valence-corrected chi connectivity index (χ0v) is 14.1. The van der Waals surface area contributed by atoms with E-state index < -0.39 is 5.91 Å². The number of hydrogen-bond donors (Lipinski definition) is 2. The molecule has 2 aromatic carbocycles. The van der Waals surface area contributed by atoms with Crippen molar-refractivity contribution in [2.45, 2.75) is 6.92 Å². The molecule has 0 aliphatic rings. The Hall–Kier alpha value is -3.30. The fourth-order valence-corrected chi connectivity index (χ4v) is 2.24. The van der Waals surface area contributed by atoms with Crippen LogP contribution in [-0.2, 0) is 9.59 Å². The van der Waals surface area contributed by atoms with Gasteiger partial charge in [-0.2, -0.15) is 5.26 Å². The van der Waals surface area contributed by atoms with Crippen molar-refractivity contribution in [1.82, 2.24) is 0 Å². The minimum atomic E-state index is -0.653. The lowest BCUT2D eigenvalue weighted by atomic mass is 10.2. The van der Waals surface area contributed by atoms with E-state index in [1.54, 1.807) is 54.6 Å². The van der Waals surface area contributed by atoms with Crippen LogP contribution in [0.2, 0.25) is 5.02 Å². The predicted octanol–water partition coefficient (Wildman–Crippen LogP) is 3.32. The van der Waals surface area contributed by atoms with Gasteiger partial charge >= 0.3 is 0 Å². The summed E-state index contributed by atoms with van der Waals surface area (Å²) in [7, 11) is 0. The van der Waals surface area contributed by atoms with Gasteiger partial charge in [-0.25, -0.2) is 0 Å². The summed E-state index contributed by atoms with van der Waals surface area (Å²) in [5.74, 6) is -1.02. The Morgan fingerprint density at radius 3 is 2.56 bits per heavy atom. The number of nitrogens with zero attached hydrogens (tertiary/aromatic N) is 2. The second kappa shape index (κ2) is 7.99. The van der Waals surface area contributed by atoms with Crippen LogP contribution in [-0.4, -0.2) is 11.8 Å². The number of halogens is 1. The lowest BCUT2D eigenvalue weighted by Gasteiger charge is -2.17. The maximum atomic E-state index is 12.3. The zero-order chi connectivity index (χ0) is 18.4. The maximum Gasteiger partial charge on any atom is 0.267 e. The third kappa shape index (κ3) is 4.83. The van der Waals surface area contributed by atoms with Gasteiger partial charge in [0.1, 0.15) is 11.6 Å². The van der Waals surface area contributed by atoms with Crippen molar-refractivity contribution in [3.8, 4) is 6.07 Å². The molecule has 0 spiro atoms. The van der Waals surface area contributed by atoms with Crippen molar-refractivity contribution in [3.05, 3.63) is 65.3 Å². The van der Waals surface area contributed by atoms with Gasteiger partial charge in [-0.3, -0.25) is 14.5 Å². The van der Waals surface area contributed by atoms with Crippen LogP contribution in [0.5, 0.6) is 0 Å². The monoisotopic (exact) mass is 354 g/mol. The third-order valence-electron chi connectivity index (χ3n) is 3.19. The van der Waals surface area contributed by atoms with Crippen molar-refractivity contribution < 1.29 is 9.59 Å². The smallest absolute Gasteiger partial charge is 0.267 e. The fourth-order valence-electron chi connectivity index (χ4n) is 2.05. The molecule has 6 nitrogen and oxygen atoms in total. The van der Waals surface area contributed by atoms with Gasteiger partial charge in [-0.05, 0) is 36.4 Å². The molecule has 0 heterocycles. The number of nitrogens with two attached hydrogens (primary N) is 1. The highest BCUT2D eigenvalue weighted by molar-refractivity contribution is 6.31. The molecule has 0 aliphatic heterocycles. The molecule has 0 saturated heterocycles. The highest BCUT2D eigenvalue weighted by Gasteiger charge is 2.15. The lowest BCUT2D eigenvalue weighted by molar-refractivity contribution is -0.116. The van der Waals surface area contributed by atoms with Crippen LogP contribution in [0.25, 0.3) is 0 Å². The molecular formula is C18H15ClN4O2. The summed E-state index contributed by atoms with van der Waals surface area (Å²) < 4.78 is 0. The summed E-state index contributed by atoms with van der Waals surface area (Å²) in [5.41, 5.74) is 6.84. The van der Waals surface area contributed by atoms with Crippen molar-refractivity contribution in [2.75, 3.05) is 16.0 Å². The van der Waals surface area contributed by atoms with E-state index in [-0.39, 0.29) is 11.5 Å². The second-order valence-electron chi connectivity index (χ2n) is 5.10. The first-order chi connectivity index (χ1) is 11.9. The van der Waals surface area contributed by atoms with Gasteiger partial charge in [0.15, 0.2) is 0 Å². The molecule has 126 valence electrons. The summed E-state index contributed by atoms with van der Waals surface area (Å²) >= 11 is 5.87. The molecule has 0 atom stereocenters. The molecule has 0 aromatic heterocycles. The fraction of sp³-hybridized carbons (Fsp3) is 0.0556. The van der Waals surface area contributed by atoms with Crippen molar-refractivity contribution in [2.24, 2.45) is 0 Å². The molecule has 0 aliphatic carbocycles. The number of carbonyl (C=O) groups is 2. The van der Waals surface area contributed by atoms with E-state index in [0.29, 0.717) is 22.1 Å². The second-order valence-corrected chi connectivity index (χ2v) is 5.54. The molecular weight excluding hydrogens is 340 g/mol. The van der Waals surface area contributed by atoms with E-state index in [4.69, 9.17) is 17.3 Å². The largest absolute Gasteiger partial charge is 0.399 e. The van der Waals surface area contributed by atoms with Gasteiger partial charge in [0.2, 0.25) is 5.91 Å². The first-order valence-corrected chi connectivity index (χ1v) is 7.62. The standard InChI is InChI=1S/C18H15ClN4O2/c1-12(24)23(17-7-3-5-15(21)9-17)11-13(10-20)18(25)22-16-6-2-4-14(19)8-16/h2-9,11H,21H2,1H3,(H,22,25)/b13-11-. The number of carbonyl (C=O) groups excluding carboxylic acids is 2. The molecule has 0 unspecified atom stereocenters. The number of rotatable bonds is 4. The van der Waals surface area contributed by atoms with Crippen LogP contribution in [0.15, 0.2) is 60.3 Å². The average Bonchev–Trinajstić information content (AvgIpc) is 2.55. The van der Waals surface area contributed by atoms with E-state index in [1.807, 2.05) is 0 Å². The number of nitrogens with one attached hydrogen (secondary N) is 1. The van der Waals surface area contributed by atoms with E-state index >= 15 is 0 Å². The van der Waals surface area contributed by atoms with Crippen molar-refractivity contribution in [3.63, 3.8) is 0 Å². The van der Waals surface area contributed by atoms with Crippen LogP contribution in [0.1, 0.15) is 6.92 Å². The maximum absolute atomic E-state index is 12.3. The lowest BCUT2D eigenvalue weighted by Crippen LogP contribution is -2.25. The van der Waals surface area contributed by atoms with Crippen LogP contribution < -0.4 is 16.0 Å². The molecule has 3 N–H and O–H groups in total. The topological polar surface area (TPSA) is 99.2 Å². The molecule has 0 fully saturated rings. The number of benzene rings is 2. The number of anilines is 3. The van der Waals surface area contributed by atoms with E-state index in [2.05, 4.69) is 5.32 Å². The summed E-state index contributed by atoms with van der Waals surface area (Å²) in [6.07, 6.45) is 1.18. The molecule has 2 aromatic rings.